The third-order valence-corrected chi connectivity index (χ3v) is 2.43. The summed E-state index contributed by atoms with van der Waals surface area (Å²) in [6.45, 7) is 1.79. The molecule has 102 valence electrons. The summed E-state index contributed by atoms with van der Waals surface area (Å²) in [5.41, 5.74) is 7.64. The molecule has 2 rings (SSSR count). The van der Waals surface area contributed by atoms with Crippen LogP contribution in [0.3, 0.4) is 0 Å². The number of hydrogen-bond acceptors (Lipinski definition) is 4. The maximum atomic E-state index is 6.00. The van der Waals surface area contributed by atoms with Crippen molar-refractivity contribution < 1.29 is 0 Å². The molecule has 0 aliphatic carbocycles. The van der Waals surface area contributed by atoms with Crippen molar-refractivity contribution in [1.29, 1.82) is 0 Å². The van der Waals surface area contributed by atoms with Gasteiger partial charge in [0, 0.05) is 19.3 Å². The van der Waals surface area contributed by atoms with Crippen molar-refractivity contribution in [3.05, 3.63) is 24.4 Å². The Morgan fingerprint density at radius 3 is 2.67 bits per heavy atom. The standard InChI is InChI=1S/C11H17N5.2ClH/c1-15(2)8-6-13-11-10(12)9-5-3-4-7-16(9)14-11;;/h3-5,7H,6,8,12H2,1-2H3,(H,13,14);2*1H. The maximum absolute atomic E-state index is 6.00. The van der Waals surface area contributed by atoms with E-state index < -0.39 is 0 Å². The van der Waals surface area contributed by atoms with Gasteiger partial charge in [0.1, 0.15) is 5.69 Å². The van der Waals surface area contributed by atoms with Gasteiger partial charge in [0.15, 0.2) is 5.82 Å². The van der Waals surface area contributed by atoms with Gasteiger partial charge in [-0.3, -0.25) is 0 Å². The number of pyridine rings is 1. The van der Waals surface area contributed by atoms with Crippen LogP contribution in [0.5, 0.6) is 0 Å². The fraction of sp³-hybridized carbons (Fsp3) is 0.364. The SMILES string of the molecule is CN(C)CCNc1nn2ccccc2c1N.Cl.Cl. The third-order valence-electron chi connectivity index (χ3n) is 2.43. The number of rotatable bonds is 4. The van der Waals surface area contributed by atoms with E-state index in [4.69, 9.17) is 5.73 Å². The Labute approximate surface area is 119 Å². The van der Waals surface area contributed by atoms with Gasteiger partial charge < -0.3 is 16.0 Å². The fourth-order valence-electron chi connectivity index (χ4n) is 1.55. The van der Waals surface area contributed by atoms with Crippen LogP contribution in [0.1, 0.15) is 0 Å². The van der Waals surface area contributed by atoms with Crippen molar-refractivity contribution in [3.63, 3.8) is 0 Å². The molecule has 5 nitrogen and oxygen atoms in total. The van der Waals surface area contributed by atoms with Crippen molar-refractivity contribution >= 4 is 41.8 Å². The number of halogens is 2. The highest BCUT2D eigenvalue weighted by atomic mass is 35.5. The van der Waals surface area contributed by atoms with Gasteiger partial charge in [-0.15, -0.1) is 29.9 Å². The lowest BCUT2D eigenvalue weighted by Crippen LogP contribution is -2.21. The summed E-state index contributed by atoms with van der Waals surface area (Å²) < 4.78 is 1.79. The normalized spacial score (nSPS) is 9.94. The molecule has 2 heterocycles. The molecule has 0 radical (unpaired) electrons. The number of fused-ring (bicyclic) bond motifs is 1. The summed E-state index contributed by atoms with van der Waals surface area (Å²) in [4.78, 5) is 2.11. The Balaban J connectivity index is 0.00000144. The third kappa shape index (κ3) is 3.66. The number of anilines is 2. The van der Waals surface area contributed by atoms with E-state index in [2.05, 4.69) is 15.3 Å². The van der Waals surface area contributed by atoms with Crippen LogP contribution in [0, 0.1) is 0 Å². The molecule has 3 N–H and O–H groups in total. The van der Waals surface area contributed by atoms with Gasteiger partial charge >= 0.3 is 0 Å². The van der Waals surface area contributed by atoms with E-state index >= 15 is 0 Å². The van der Waals surface area contributed by atoms with E-state index in [1.165, 1.54) is 0 Å². The van der Waals surface area contributed by atoms with Gasteiger partial charge in [-0.1, -0.05) is 6.07 Å². The molecule has 2 aromatic heterocycles. The molecule has 0 unspecified atom stereocenters. The Morgan fingerprint density at radius 2 is 2.06 bits per heavy atom. The highest BCUT2D eigenvalue weighted by molar-refractivity contribution is 5.85. The second-order valence-electron chi connectivity index (χ2n) is 4.02. The van der Waals surface area contributed by atoms with Gasteiger partial charge in [-0.2, -0.15) is 0 Å². The smallest absolute Gasteiger partial charge is 0.172 e. The topological polar surface area (TPSA) is 58.6 Å². The lowest BCUT2D eigenvalue weighted by molar-refractivity contribution is 0.425. The zero-order valence-electron chi connectivity index (χ0n) is 10.5. The molecule has 18 heavy (non-hydrogen) atoms. The lowest BCUT2D eigenvalue weighted by atomic mass is 10.3. The number of nitrogens with two attached hydrogens (primary N) is 1. The summed E-state index contributed by atoms with van der Waals surface area (Å²) >= 11 is 0. The van der Waals surface area contributed by atoms with E-state index in [1.54, 1.807) is 4.52 Å². The van der Waals surface area contributed by atoms with Gasteiger partial charge in [0.05, 0.1) is 5.52 Å². The van der Waals surface area contributed by atoms with Crippen LogP contribution in [0.4, 0.5) is 11.5 Å². The molecular weight excluding hydrogens is 273 g/mol. The summed E-state index contributed by atoms with van der Waals surface area (Å²) in [7, 11) is 4.07. The summed E-state index contributed by atoms with van der Waals surface area (Å²) in [6, 6.07) is 5.85. The van der Waals surface area contributed by atoms with Crippen molar-refractivity contribution in [2.75, 3.05) is 38.2 Å². The zero-order valence-corrected chi connectivity index (χ0v) is 12.1. The summed E-state index contributed by atoms with van der Waals surface area (Å²) in [6.07, 6.45) is 1.89. The van der Waals surface area contributed by atoms with Crippen LogP contribution in [0.15, 0.2) is 24.4 Å². The minimum absolute atomic E-state index is 0. The monoisotopic (exact) mass is 291 g/mol. The molecule has 0 aliphatic heterocycles. The molecule has 0 saturated heterocycles. The van der Waals surface area contributed by atoms with Crippen LogP contribution < -0.4 is 11.1 Å². The predicted octanol–water partition coefficient (Wildman–Crippen LogP) is 1.73. The highest BCUT2D eigenvalue weighted by Gasteiger charge is 2.07. The van der Waals surface area contributed by atoms with Gasteiger partial charge in [-0.05, 0) is 26.2 Å². The van der Waals surface area contributed by atoms with Crippen LogP contribution in [-0.2, 0) is 0 Å². The first kappa shape index (κ1) is 16.8. The zero-order chi connectivity index (χ0) is 11.5. The van der Waals surface area contributed by atoms with Gasteiger partial charge in [-0.25, -0.2) is 4.52 Å². The molecule has 2 aromatic rings. The van der Waals surface area contributed by atoms with Gasteiger partial charge in [0.2, 0.25) is 0 Å². The minimum Gasteiger partial charge on any atom is -0.394 e. The Hall–Kier alpha value is -1.17. The molecule has 0 aromatic carbocycles. The molecule has 7 heteroatoms. The molecule has 0 amide bonds. The Morgan fingerprint density at radius 1 is 1.33 bits per heavy atom. The Bertz CT molecular complexity index is 483. The number of hydrogen-bond donors (Lipinski definition) is 2. The molecule has 0 bridgehead atoms. The van der Waals surface area contributed by atoms with E-state index in [9.17, 15) is 0 Å². The van der Waals surface area contributed by atoms with E-state index in [0.29, 0.717) is 5.69 Å². The quantitative estimate of drug-likeness (QED) is 0.901. The van der Waals surface area contributed by atoms with Crippen molar-refractivity contribution in [2.45, 2.75) is 0 Å². The largest absolute Gasteiger partial charge is 0.394 e. The van der Waals surface area contributed by atoms with E-state index in [-0.39, 0.29) is 24.8 Å². The Kier molecular flexibility index (Phi) is 6.83. The average Bonchev–Trinajstić information content (AvgIpc) is 2.56. The van der Waals surface area contributed by atoms with Crippen LogP contribution in [-0.4, -0.2) is 41.7 Å². The second kappa shape index (κ2) is 7.31. The molecule has 0 spiro atoms. The number of aromatic nitrogens is 2. The van der Waals surface area contributed by atoms with Crippen LogP contribution in [0.25, 0.3) is 5.52 Å². The lowest BCUT2D eigenvalue weighted by Gasteiger charge is -2.09. The molecule has 0 saturated carbocycles. The van der Waals surface area contributed by atoms with Crippen molar-refractivity contribution in [3.8, 4) is 0 Å². The first-order chi connectivity index (χ1) is 7.68. The predicted molar refractivity (Wildman–Crippen MR) is 81.1 cm³/mol. The van der Waals surface area contributed by atoms with Gasteiger partial charge in [0.25, 0.3) is 0 Å². The van der Waals surface area contributed by atoms with Crippen molar-refractivity contribution in [2.24, 2.45) is 0 Å². The fourth-order valence-corrected chi connectivity index (χ4v) is 1.55. The molecule has 0 aliphatic rings. The second-order valence-corrected chi connectivity index (χ2v) is 4.02. The molecule has 0 atom stereocenters. The first-order valence-corrected chi connectivity index (χ1v) is 5.30. The number of nitrogens with zero attached hydrogens (tertiary/aromatic N) is 3. The maximum Gasteiger partial charge on any atom is 0.172 e. The van der Waals surface area contributed by atoms with E-state index in [1.807, 2.05) is 38.5 Å². The summed E-state index contributed by atoms with van der Waals surface area (Å²) in [5, 5.41) is 7.61. The van der Waals surface area contributed by atoms with E-state index in [0.717, 1.165) is 24.4 Å². The summed E-state index contributed by atoms with van der Waals surface area (Å²) in [5.74, 6) is 0.757. The minimum atomic E-state index is 0. The molecule has 0 fully saturated rings. The number of nitrogens with one attached hydrogen (secondary N) is 1. The van der Waals surface area contributed by atoms with Crippen LogP contribution in [0.2, 0.25) is 0 Å². The number of nitrogen functional groups attached to an aromatic ring is 1. The molecular formula is C11H19Cl2N5. The number of likely N-dealkylation sites (N-methyl/N-ethyl adjacent to an activating group) is 1. The van der Waals surface area contributed by atoms with Crippen LogP contribution >= 0.6 is 24.8 Å². The highest BCUT2D eigenvalue weighted by Crippen LogP contribution is 2.21. The first-order valence-electron chi connectivity index (χ1n) is 5.30. The average molecular weight is 292 g/mol. The van der Waals surface area contributed by atoms with Crippen molar-refractivity contribution in [1.82, 2.24) is 14.5 Å².